The minimum absolute atomic E-state index is 0.226. The highest BCUT2D eigenvalue weighted by molar-refractivity contribution is 6.49. The fourth-order valence-electron chi connectivity index (χ4n) is 6.91. The summed E-state index contributed by atoms with van der Waals surface area (Å²) in [5.41, 5.74) is -1.11. The molecular formula is C32H38N2O5. The van der Waals surface area contributed by atoms with Crippen molar-refractivity contribution in [3.63, 3.8) is 0 Å². The first-order chi connectivity index (χ1) is 17.9. The molecular weight excluding hydrogens is 492 g/mol. The Morgan fingerprint density at radius 1 is 0.744 bits per heavy atom. The first-order valence-corrected chi connectivity index (χ1v) is 13.4. The molecule has 7 nitrogen and oxygen atoms in total. The SMILES string of the molecule is CC(=O)OC1(C)C(C)(C)C(C)(C)OC(C)(N2C(=O)/C(=C3/C(=O)N(C)c4ccccc43)c3ccccc32)C1(C)C. The predicted octanol–water partition coefficient (Wildman–Crippen LogP) is 5.82. The minimum atomic E-state index is -1.27. The number of rotatable bonds is 2. The van der Waals surface area contributed by atoms with Crippen molar-refractivity contribution in [2.24, 2.45) is 10.8 Å². The van der Waals surface area contributed by atoms with Crippen LogP contribution in [0.1, 0.15) is 73.4 Å². The molecule has 206 valence electrons. The Hall–Kier alpha value is -3.45. The predicted molar refractivity (Wildman–Crippen MR) is 152 cm³/mol. The molecule has 0 aliphatic carbocycles. The van der Waals surface area contributed by atoms with Crippen molar-refractivity contribution in [3.05, 3.63) is 59.7 Å². The second-order valence-corrected chi connectivity index (χ2v) is 12.8. The van der Waals surface area contributed by atoms with E-state index in [2.05, 4.69) is 0 Å². The van der Waals surface area contributed by atoms with Crippen LogP contribution in [0.15, 0.2) is 48.5 Å². The van der Waals surface area contributed by atoms with Gasteiger partial charge in [-0.2, -0.15) is 0 Å². The molecule has 2 amide bonds. The van der Waals surface area contributed by atoms with Crippen LogP contribution in [-0.2, 0) is 23.9 Å². The quantitative estimate of drug-likeness (QED) is 0.361. The Labute approximate surface area is 230 Å². The number of benzene rings is 2. The molecule has 39 heavy (non-hydrogen) atoms. The van der Waals surface area contributed by atoms with Crippen molar-refractivity contribution >= 4 is 40.3 Å². The molecule has 0 N–H and O–H groups in total. The van der Waals surface area contributed by atoms with Crippen LogP contribution in [0.2, 0.25) is 0 Å². The lowest BCUT2D eigenvalue weighted by molar-refractivity contribution is -0.352. The summed E-state index contributed by atoms with van der Waals surface area (Å²) in [6, 6.07) is 15.0. The third-order valence-electron chi connectivity index (χ3n) is 10.4. The molecule has 2 aromatic carbocycles. The van der Waals surface area contributed by atoms with E-state index in [1.807, 2.05) is 104 Å². The fourth-order valence-corrected chi connectivity index (χ4v) is 6.91. The third-order valence-corrected chi connectivity index (χ3v) is 10.4. The van der Waals surface area contributed by atoms with Gasteiger partial charge in [-0.15, -0.1) is 0 Å². The van der Waals surface area contributed by atoms with Gasteiger partial charge >= 0.3 is 5.97 Å². The number of hydrogen-bond acceptors (Lipinski definition) is 5. The molecule has 3 aliphatic rings. The monoisotopic (exact) mass is 530 g/mol. The van der Waals surface area contributed by atoms with Crippen LogP contribution < -0.4 is 9.80 Å². The summed E-state index contributed by atoms with van der Waals surface area (Å²) in [5, 5.41) is 0. The van der Waals surface area contributed by atoms with Crippen LogP contribution in [0.3, 0.4) is 0 Å². The average molecular weight is 531 g/mol. The van der Waals surface area contributed by atoms with Gasteiger partial charge in [-0.3, -0.25) is 19.3 Å². The van der Waals surface area contributed by atoms with Gasteiger partial charge in [0.2, 0.25) is 0 Å². The topological polar surface area (TPSA) is 76.1 Å². The molecule has 0 aromatic heterocycles. The molecule has 7 heteroatoms. The Morgan fingerprint density at radius 3 is 1.79 bits per heavy atom. The standard InChI is InChI=1S/C32H38N2O5/c1-19(35)38-31(8)28(2,3)30(6,7)39-32(9,29(31,4)5)34-23-18-14-12-16-21(23)25(27(34)37)24-20-15-11-13-17-22(20)33(10)26(24)36/h11-18H,1-10H3/b25-24+. The number of ether oxygens (including phenoxy) is 2. The van der Waals surface area contributed by atoms with Gasteiger partial charge < -0.3 is 14.4 Å². The van der Waals surface area contributed by atoms with E-state index in [9.17, 15) is 14.4 Å². The van der Waals surface area contributed by atoms with Crippen LogP contribution in [0.25, 0.3) is 11.1 Å². The summed E-state index contributed by atoms with van der Waals surface area (Å²) in [4.78, 5) is 44.1. The van der Waals surface area contributed by atoms with Crippen LogP contribution >= 0.6 is 0 Å². The van der Waals surface area contributed by atoms with Gasteiger partial charge in [-0.05, 0) is 39.8 Å². The van der Waals surface area contributed by atoms with E-state index < -0.39 is 33.7 Å². The number of hydrogen-bond donors (Lipinski definition) is 0. The van der Waals surface area contributed by atoms with Crippen LogP contribution in [0.4, 0.5) is 11.4 Å². The molecule has 0 bridgehead atoms. The maximum Gasteiger partial charge on any atom is 0.303 e. The number of carbonyl (C=O) groups is 3. The van der Waals surface area contributed by atoms with Gasteiger partial charge in [0.25, 0.3) is 11.8 Å². The maximum absolute atomic E-state index is 14.7. The number of carbonyl (C=O) groups excluding carboxylic acids is 3. The van der Waals surface area contributed by atoms with E-state index in [0.29, 0.717) is 22.4 Å². The highest BCUT2D eigenvalue weighted by Gasteiger charge is 2.74. The Bertz CT molecular complexity index is 1470. The largest absolute Gasteiger partial charge is 0.458 e. The number of nitrogens with zero attached hydrogens (tertiary/aromatic N) is 2. The fraction of sp³-hybridized carbons (Fsp3) is 0.469. The van der Waals surface area contributed by atoms with Gasteiger partial charge in [0.1, 0.15) is 5.60 Å². The second-order valence-electron chi connectivity index (χ2n) is 12.8. The maximum atomic E-state index is 14.7. The van der Waals surface area contributed by atoms with Crippen molar-refractivity contribution in [2.75, 3.05) is 16.8 Å². The molecule has 2 unspecified atom stereocenters. The average Bonchev–Trinajstić information content (AvgIpc) is 3.27. The molecule has 0 spiro atoms. The van der Waals surface area contributed by atoms with Crippen LogP contribution in [0, 0.1) is 10.8 Å². The van der Waals surface area contributed by atoms with Gasteiger partial charge in [-0.1, -0.05) is 64.1 Å². The number of amides is 2. The molecule has 5 rings (SSSR count). The Morgan fingerprint density at radius 2 is 1.23 bits per heavy atom. The summed E-state index contributed by atoms with van der Waals surface area (Å²) < 4.78 is 13.2. The van der Waals surface area contributed by atoms with Gasteiger partial charge in [-0.25, -0.2) is 0 Å². The van der Waals surface area contributed by atoms with Crippen molar-refractivity contribution in [1.82, 2.24) is 0 Å². The van der Waals surface area contributed by atoms with Gasteiger partial charge in [0.15, 0.2) is 5.72 Å². The molecule has 0 radical (unpaired) electrons. The number of esters is 1. The van der Waals surface area contributed by atoms with E-state index >= 15 is 0 Å². The van der Waals surface area contributed by atoms with E-state index in [1.165, 1.54) is 6.92 Å². The molecule has 3 aliphatic heterocycles. The summed E-state index contributed by atoms with van der Waals surface area (Å²) in [6.45, 7) is 17.2. The lowest BCUT2D eigenvalue weighted by Crippen LogP contribution is -2.79. The molecule has 2 aromatic rings. The van der Waals surface area contributed by atoms with Crippen molar-refractivity contribution in [2.45, 2.75) is 79.2 Å². The van der Waals surface area contributed by atoms with E-state index in [0.717, 1.165) is 11.3 Å². The Kier molecular flexibility index (Phi) is 5.59. The van der Waals surface area contributed by atoms with E-state index in [1.54, 1.807) is 16.8 Å². The van der Waals surface area contributed by atoms with E-state index in [4.69, 9.17) is 9.47 Å². The summed E-state index contributed by atoms with van der Waals surface area (Å²) in [6.07, 6.45) is 0. The van der Waals surface area contributed by atoms with Crippen molar-refractivity contribution < 1.29 is 23.9 Å². The first-order valence-electron chi connectivity index (χ1n) is 13.4. The van der Waals surface area contributed by atoms with Crippen LogP contribution in [-0.4, -0.2) is 41.8 Å². The first kappa shape index (κ1) is 27.1. The second kappa shape index (κ2) is 8.04. The number of fused-ring (bicyclic) bond motifs is 2. The third kappa shape index (κ3) is 3.16. The van der Waals surface area contributed by atoms with Crippen molar-refractivity contribution in [1.29, 1.82) is 0 Å². The molecule has 0 saturated carbocycles. The molecule has 1 fully saturated rings. The summed E-state index contributed by atoms with van der Waals surface area (Å²) in [7, 11) is 1.72. The van der Waals surface area contributed by atoms with Gasteiger partial charge in [0.05, 0.1) is 33.5 Å². The lowest BCUT2D eigenvalue weighted by Gasteiger charge is -2.69. The zero-order valence-electron chi connectivity index (χ0n) is 24.6. The molecule has 1 saturated heterocycles. The smallest absolute Gasteiger partial charge is 0.303 e. The molecule has 2 atom stereocenters. The summed E-state index contributed by atoms with van der Waals surface area (Å²) >= 11 is 0. The number of likely N-dealkylation sites (N-methyl/N-ethyl adjacent to an activating group) is 1. The highest BCUT2D eigenvalue weighted by atomic mass is 16.6. The zero-order valence-corrected chi connectivity index (χ0v) is 24.6. The number of para-hydroxylation sites is 2. The highest BCUT2D eigenvalue weighted by Crippen LogP contribution is 2.65. The van der Waals surface area contributed by atoms with Crippen molar-refractivity contribution in [3.8, 4) is 0 Å². The van der Waals surface area contributed by atoms with Gasteiger partial charge in [0, 0.05) is 30.5 Å². The Balaban J connectivity index is 1.79. The zero-order chi connectivity index (χ0) is 28.9. The number of anilines is 2. The lowest BCUT2D eigenvalue weighted by atomic mass is 9.50. The normalized spacial score (nSPS) is 30.3. The molecule has 3 heterocycles. The minimum Gasteiger partial charge on any atom is -0.458 e. The van der Waals surface area contributed by atoms with Crippen LogP contribution in [0.5, 0.6) is 0 Å². The van der Waals surface area contributed by atoms with E-state index in [-0.39, 0.29) is 11.8 Å². The summed E-state index contributed by atoms with van der Waals surface area (Å²) in [5.74, 6) is -0.942.